The van der Waals surface area contributed by atoms with Gasteiger partial charge in [0.15, 0.2) is 0 Å². The van der Waals surface area contributed by atoms with Crippen LogP contribution < -0.4 is 21.3 Å². The summed E-state index contributed by atoms with van der Waals surface area (Å²) in [5, 5.41) is 12.4. The summed E-state index contributed by atoms with van der Waals surface area (Å²) in [6.45, 7) is 5.89. The van der Waals surface area contributed by atoms with Crippen LogP contribution in [-0.2, 0) is 0 Å². The van der Waals surface area contributed by atoms with E-state index in [1.807, 2.05) is 48.5 Å². The number of nitrogens with one attached hydrogen (secondary N) is 4. The number of aliphatic imine (C=N–C) groups is 2. The van der Waals surface area contributed by atoms with Crippen LogP contribution in [0.1, 0.15) is 58.5 Å². The maximum Gasteiger partial charge on any atom is 0.255 e. The number of halogens is 2. The molecule has 3 rings (SSSR count). The van der Waals surface area contributed by atoms with E-state index in [4.69, 9.17) is 0 Å². The van der Waals surface area contributed by atoms with Gasteiger partial charge in [0, 0.05) is 60.8 Å². The lowest BCUT2D eigenvalue weighted by Gasteiger charge is -2.11. The molecule has 0 saturated heterocycles. The number of hydrogen-bond acceptors (Lipinski definition) is 4. The van der Waals surface area contributed by atoms with E-state index in [0.717, 1.165) is 48.7 Å². The molecule has 0 aliphatic rings. The number of hydrogen-bond donors (Lipinski definition) is 4. The second-order valence-electron chi connectivity index (χ2n) is 8.64. The van der Waals surface area contributed by atoms with Crippen molar-refractivity contribution in [2.45, 2.75) is 26.7 Å². The van der Waals surface area contributed by atoms with Crippen molar-refractivity contribution in [2.24, 2.45) is 9.98 Å². The van der Waals surface area contributed by atoms with Gasteiger partial charge in [0.05, 0.1) is 0 Å². The number of anilines is 2. The molecular weight excluding hydrogens is 547 g/mol. The van der Waals surface area contributed by atoms with E-state index < -0.39 is 0 Å². The summed E-state index contributed by atoms with van der Waals surface area (Å²) in [4.78, 5) is 34.0. The number of carbonyl (C=O) groups excluding carboxylic acids is 2. The van der Waals surface area contributed by atoms with Crippen molar-refractivity contribution in [3.8, 4) is 0 Å². The van der Waals surface area contributed by atoms with Crippen molar-refractivity contribution >= 4 is 59.7 Å². The van der Waals surface area contributed by atoms with Gasteiger partial charge in [0.1, 0.15) is 11.7 Å². The van der Waals surface area contributed by atoms with Crippen LogP contribution in [0.5, 0.6) is 0 Å². The normalized spacial score (nSPS) is 11.0. The van der Waals surface area contributed by atoms with Gasteiger partial charge in [-0.25, -0.2) is 0 Å². The molecule has 40 heavy (non-hydrogen) atoms. The topological polar surface area (TPSA) is 107 Å². The number of carbonyl (C=O) groups is 2. The zero-order valence-corrected chi connectivity index (χ0v) is 24.9. The van der Waals surface area contributed by atoms with E-state index in [2.05, 4.69) is 45.1 Å². The van der Waals surface area contributed by atoms with Crippen LogP contribution in [0.2, 0.25) is 0 Å². The first-order valence-electron chi connectivity index (χ1n) is 12.8. The quantitative estimate of drug-likeness (QED) is 0.179. The Morgan fingerprint density at radius 3 is 1.12 bits per heavy atom. The van der Waals surface area contributed by atoms with Crippen LogP contribution in [0.4, 0.5) is 11.4 Å². The molecule has 0 saturated carbocycles. The van der Waals surface area contributed by atoms with Crippen molar-refractivity contribution in [3.05, 3.63) is 95.1 Å². The maximum atomic E-state index is 12.7. The first-order valence-corrected chi connectivity index (χ1v) is 12.8. The standard InChI is InChI=1S/C30H36N6O2.2ClH/c1-5-19-33-27(31-3)21-11-15-25(16-12-21)35-29(37)23-7-9-24(10-8-23)30(38)36-26-17-13-22(14-18-26)28(32-4)34-20-6-2;;/h7-18H,5-6,19-20H2,1-4H3,(H,31,33)(H,32,34)(H,35,37)(H,36,38);2*1H. The fourth-order valence-electron chi connectivity index (χ4n) is 3.71. The minimum atomic E-state index is -0.251. The molecular formula is C30H38Cl2N6O2. The molecule has 2 amide bonds. The van der Waals surface area contributed by atoms with Crippen LogP contribution in [0.25, 0.3) is 0 Å². The smallest absolute Gasteiger partial charge is 0.255 e. The van der Waals surface area contributed by atoms with Gasteiger partial charge >= 0.3 is 0 Å². The molecule has 0 spiro atoms. The van der Waals surface area contributed by atoms with E-state index >= 15 is 0 Å². The SMILES string of the molecule is CCCNC(=NC)c1ccc(NC(=O)c2ccc(C(=O)Nc3ccc(C(=NC)NCCC)cc3)cc2)cc1.Cl.Cl. The molecule has 0 atom stereocenters. The fraction of sp³-hybridized carbons (Fsp3) is 0.267. The average Bonchev–Trinajstić information content (AvgIpc) is 2.95. The number of nitrogens with zero attached hydrogens (tertiary/aromatic N) is 2. The minimum Gasteiger partial charge on any atom is -0.370 e. The molecule has 0 unspecified atom stereocenters. The van der Waals surface area contributed by atoms with E-state index in [1.165, 1.54) is 0 Å². The Bertz CT molecular complexity index is 1170. The van der Waals surface area contributed by atoms with Gasteiger partial charge in [-0.1, -0.05) is 13.8 Å². The van der Waals surface area contributed by atoms with Gasteiger partial charge in [0.2, 0.25) is 0 Å². The monoisotopic (exact) mass is 584 g/mol. The molecule has 4 N–H and O–H groups in total. The number of rotatable bonds is 10. The predicted octanol–water partition coefficient (Wildman–Crippen LogP) is 5.79. The largest absolute Gasteiger partial charge is 0.370 e. The summed E-state index contributed by atoms with van der Waals surface area (Å²) < 4.78 is 0. The van der Waals surface area contributed by atoms with E-state index in [0.29, 0.717) is 22.5 Å². The third-order valence-corrected chi connectivity index (χ3v) is 5.77. The molecule has 10 heteroatoms. The highest BCUT2D eigenvalue weighted by molar-refractivity contribution is 6.07. The van der Waals surface area contributed by atoms with Crippen molar-refractivity contribution in [1.29, 1.82) is 0 Å². The van der Waals surface area contributed by atoms with Crippen molar-refractivity contribution in [1.82, 2.24) is 10.6 Å². The van der Waals surface area contributed by atoms with E-state index in [1.54, 1.807) is 38.4 Å². The second-order valence-corrected chi connectivity index (χ2v) is 8.64. The molecule has 0 aliphatic heterocycles. The van der Waals surface area contributed by atoms with Gasteiger partial charge in [-0.05, 0) is 85.6 Å². The lowest BCUT2D eigenvalue weighted by atomic mass is 10.1. The molecule has 214 valence electrons. The van der Waals surface area contributed by atoms with E-state index in [-0.39, 0.29) is 36.6 Å². The van der Waals surface area contributed by atoms with Gasteiger partial charge < -0.3 is 21.3 Å². The third-order valence-electron chi connectivity index (χ3n) is 5.77. The van der Waals surface area contributed by atoms with Crippen molar-refractivity contribution in [2.75, 3.05) is 37.8 Å². The summed E-state index contributed by atoms with van der Waals surface area (Å²) in [5.74, 6) is 1.13. The van der Waals surface area contributed by atoms with Gasteiger partial charge in [-0.3, -0.25) is 19.6 Å². The predicted molar refractivity (Wildman–Crippen MR) is 171 cm³/mol. The fourth-order valence-corrected chi connectivity index (χ4v) is 3.71. The summed E-state index contributed by atoms with van der Waals surface area (Å²) in [7, 11) is 3.50. The number of amidine groups is 2. The van der Waals surface area contributed by atoms with Crippen LogP contribution in [0.15, 0.2) is 82.8 Å². The zero-order chi connectivity index (χ0) is 27.3. The molecule has 0 fully saturated rings. The third kappa shape index (κ3) is 9.70. The average molecular weight is 586 g/mol. The molecule has 3 aromatic rings. The Kier molecular flexibility index (Phi) is 15.1. The van der Waals surface area contributed by atoms with Crippen LogP contribution in [-0.4, -0.2) is 50.7 Å². The second kappa shape index (κ2) is 17.7. The Balaban J connectivity index is 0.00000400. The lowest BCUT2D eigenvalue weighted by molar-refractivity contribution is 0.101. The summed E-state index contributed by atoms with van der Waals surface area (Å²) in [6, 6.07) is 21.6. The summed E-state index contributed by atoms with van der Waals surface area (Å²) in [6.07, 6.45) is 2.01. The Morgan fingerprint density at radius 2 is 0.850 bits per heavy atom. The summed E-state index contributed by atoms with van der Waals surface area (Å²) >= 11 is 0. The van der Waals surface area contributed by atoms with Gasteiger partial charge in [-0.2, -0.15) is 0 Å². The Hall–Kier alpha value is -3.88. The van der Waals surface area contributed by atoms with Gasteiger partial charge in [0.25, 0.3) is 11.8 Å². The van der Waals surface area contributed by atoms with E-state index in [9.17, 15) is 9.59 Å². The highest BCUT2D eigenvalue weighted by Crippen LogP contribution is 2.15. The first kappa shape index (κ1) is 34.1. The molecule has 0 radical (unpaired) electrons. The van der Waals surface area contributed by atoms with Crippen LogP contribution >= 0.6 is 24.8 Å². The first-order chi connectivity index (χ1) is 18.5. The maximum absolute atomic E-state index is 12.7. The highest BCUT2D eigenvalue weighted by Gasteiger charge is 2.11. The molecule has 0 heterocycles. The lowest BCUT2D eigenvalue weighted by Crippen LogP contribution is -2.25. The highest BCUT2D eigenvalue weighted by atomic mass is 35.5. The zero-order valence-electron chi connectivity index (χ0n) is 23.3. The Morgan fingerprint density at radius 1 is 0.550 bits per heavy atom. The molecule has 0 aromatic heterocycles. The van der Waals surface area contributed by atoms with Crippen LogP contribution in [0, 0.1) is 0 Å². The van der Waals surface area contributed by atoms with Crippen molar-refractivity contribution < 1.29 is 9.59 Å². The number of benzene rings is 3. The molecule has 0 bridgehead atoms. The Labute approximate surface area is 249 Å². The van der Waals surface area contributed by atoms with Gasteiger partial charge in [-0.15, -0.1) is 24.8 Å². The molecule has 3 aromatic carbocycles. The summed E-state index contributed by atoms with van der Waals surface area (Å²) in [5.41, 5.74) is 4.18. The molecule has 8 nitrogen and oxygen atoms in total. The van der Waals surface area contributed by atoms with Crippen LogP contribution in [0.3, 0.4) is 0 Å². The number of amides is 2. The minimum absolute atomic E-state index is 0. The molecule has 0 aliphatic carbocycles. The van der Waals surface area contributed by atoms with Crippen molar-refractivity contribution in [3.63, 3.8) is 0 Å².